The van der Waals surface area contributed by atoms with Crippen molar-refractivity contribution in [2.24, 2.45) is 0 Å². The van der Waals surface area contributed by atoms with Crippen molar-refractivity contribution in [3.05, 3.63) is 107 Å². The number of rotatable bonds is 19. The van der Waals surface area contributed by atoms with Crippen LogP contribution < -0.4 is 0 Å². The third kappa shape index (κ3) is 10.8. The Labute approximate surface area is 274 Å². The summed E-state index contributed by atoms with van der Waals surface area (Å²) in [4.78, 5) is 24.0. The predicted octanol–water partition coefficient (Wildman–Crippen LogP) is 7.67. The number of aliphatic hydroxyl groups is 2. The zero-order chi connectivity index (χ0) is 33.5. The maximum absolute atomic E-state index is 12.0. The molecule has 3 aromatic rings. The molecule has 6 heteroatoms. The third-order valence-electron chi connectivity index (χ3n) is 8.28. The molecular weight excluding hydrogens is 576 g/mol. The second-order valence-electron chi connectivity index (χ2n) is 11.9. The minimum Gasteiger partial charge on any atom is -0.462 e. The van der Waals surface area contributed by atoms with Gasteiger partial charge in [0.25, 0.3) is 0 Å². The number of benzene rings is 3. The molecule has 3 aromatic carbocycles. The molecule has 0 saturated heterocycles. The Balaban J connectivity index is 1.85. The van der Waals surface area contributed by atoms with Gasteiger partial charge in [-0.15, -0.1) is 0 Å². The topological polar surface area (TPSA) is 93.1 Å². The van der Waals surface area contributed by atoms with Crippen LogP contribution in [0.15, 0.2) is 78.9 Å². The summed E-state index contributed by atoms with van der Waals surface area (Å²) in [5.74, 6) is -1.23. The maximum Gasteiger partial charge on any atom is 0.335 e. The lowest BCUT2D eigenvalue weighted by Gasteiger charge is -2.16. The molecule has 0 aliphatic carbocycles. The van der Waals surface area contributed by atoms with Gasteiger partial charge in [-0.1, -0.05) is 107 Å². The lowest BCUT2D eigenvalue weighted by atomic mass is 9.90. The van der Waals surface area contributed by atoms with Crippen molar-refractivity contribution in [2.45, 2.75) is 78.6 Å². The summed E-state index contributed by atoms with van der Waals surface area (Å²) in [6, 6.07) is 19.7. The first-order valence-electron chi connectivity index (χ1n) is 16.5. The van der Waals surface area contributed by atoms with Gasteiger partial charge in [-0.25, -0.2) is 9.59 Å². The van der Waals surface area contributed by atoms with E-state index in [0.29, 0.717) is 12.8 Å². The molecule has 0 aliphatic heterocycles. The van der Waals surface area contributed by atoms with Crippen LogP contribution in [0, 0.1) is 6.92 Å². The smallest absolute Gasteiger partial charge is 0.335 e. The van der Waals surface area contributed by atoms with Crippen molar-refractivity contribution in [3.8, 4) is 22.3 Å². The Morgan fingerprint density at radius 1 is 0.652 bits per heavy atom. The highest BCUT2D eigenvalue weighted by atomic mass is 16.5. The van der Waals surface area contributed by atoms with Gasteiger partial charge in [0.05, 0.1) is 37.6 Å². The Morgan fingerprint density at radius 2 is 1.22 bits per heavy atom. The number of hydrogen-bond donors (Lipinski definition) is 2. The van der Waals surface area contributed by atoms with E-state index in [-0.39, 0.29) is 24.4 Å². The van der Waals surface area contributed by atoms with Crippen LogP contribution in [0.4, 0.5) is 0 Å². The average molecular weight is 627 g/mol. The summed E-state index contributed by atoms with van der Waals surface area (Å²) in [7, 11) is 0. The first-order valence-corrected chi connectivity index (χ1v) is 16.5. The fourth-order valence-electron chi connectivity index (χ4n) is 5.49. The number of hydrogen-bond acceptors (Lipinski definition) is 6. The third-order valence-corrected chi connectivity index (χ3v) is 8.28. The standard InChI is InChI=1S/C40H50O6/c1-6-8-9-10-11-12-34-13-14-35(21-28(34)3)36-15-16-38(33(7-2)25-36)37-23-31(17-19-45-39(43)29(4)26-41)22-32(24-37)18-20-46-40(44)30(5)27-42/h13-16,21-25,41-42H,4-12,17-20,26-27H2,1-3H3. The molecule has 0 unspecified atom stereocenters. The highest BCUT2D eigenvalue weighted by Gasteiger charge is 2.13. The Bertz CT molecular complexity index is 1450. The number of unbranched alkanes of at least 4 members (excludes halogenated alkanes) is 4. The highest BCUT2D eigenvalue weighted by molar-refractivity contribution is 5.88. The number of carbonyl (C=O) groups excluding carboxylic acids is 2. The van der Waals surface area contributed by atoms with Crippen molar-refractivity contribution >= 4 is 11.9 Å². The molecule has 0 spiro atoms. The quantitative estimate of drug-likeness (QED) is 0.0806. The van der Waals surface area contributed by atoms with Crippen molar-refractivity contribution in [1.29, 1.82) is 0 Å². The maximum atomic E-state index is 12.0. The number of aliphatic hydroxyl groups excluding tert-OH is 2. The summed E-state index contributed by atoms with van der Waals surface area (Å²) < 4.78 is 10.6. The Kier molecular flexibility index (Phi) is 14.9. The number of aryl methyl sites for hydroxylation is 3. The normalized spacial score (nSPS) is 10.9. The SMILES string of the molecule is C=C(CO)C(=O)OCCc1cc(CCOC(=O)C(=C)CO)cc(-c2ccc(-c3ccc(CCCCCCC)c(C)c3)cc2CC)c1. The van der Waals surface area contributed by atoms with E-state index in [1.165, 1.54) is 59.9 Å². The van der Waals surface area contributed by atoms with E-state index in [1.807, 2.05) is 6.07 Å². The van der Waals surface area contributed by atoms with Gasteiger partial charge in [0.1, 0.15) is 0 Å². The Hall–Kier alpha value is -4.00. The molecule has 0 saturated carbocycles. The molecule has 0 atom stereocenters. The Morgan fingerprint density at radius 3 is 1.76 bits per heavy atom. The summed E-state index contributed by atoms with van der Waals surface area (Å²) in [5.41, 5.74) is 10.5. The van der Waals surface area contributed by atoms with Crippen molar-refractivity contribution in [1.82, 2.24) is 0 Å². The van der Waals surface area contributed by atoms with Crippen molar-refractivity contribution < 1.29 is 29.3 Å². The minimum absolute atomic E-state index is 0.0145. The molecule has 0 fully saturated rings. The lowest BCUT2D eigenvalue weighted by molar-refractivity contribution is -0.140. The van der Waals surface area contributed by atoms with Crippen LogP contribution in [-0.4, -0.2) is 48.6 Å². The van der Waals surface area contributed by atoms with E-state index in [1.54, 1.807) is 0 Å². The highest BCUT2D eigenvalue weighted by Crippen LogP contribution is 2.32. The van der Waals surface area contributed by atoms with E-state index < -0.39 is 25.2 Å². The summed E-state index contributed by atoms with van der Waals surface area (Å²) in [5, 5.41) is 18.3. The van der Waals surface area contributed by atoms with Crippen LogP contribution in [0.25, 0.3) is 22.3 Å². The van der Waals surface area contributed by atoms with Gasteiger partial charge in [-0.2, -0.15) is 0 Å². The largest absolute Gasteiger partial charge is 0.462 e. The van der Waals surface area contributed by atoms with E-state index in [2.05, 4.69) is 82.5 Å². The van der Waals surface area contributed by atoms with Gasteiger partial charge in [0, 0.05) is 12.8 Å². The van der Waals surface area contributed by atoms with Crippen LogP contribution in [0.5, 0.6) is 0 Å². The molecule has 3 rings (SSSR count). The molecule has 0 heterocycles. The zero-order valence-corrected chi connectivity index (χ0v) is 27.8. The van der Waals surface area contributed by atoms with E-state index in [9.17, 15) is 9.59 Å². The van der Waals surface area contributed by atoms with Crippen molar-refractivity contribution in [3.63, 3.8) is 0 Å². The van der Waals surface area contributed by atoms with Crippen LogP contribution in [-0.2, 0) is 44.7 Å². The summed E-state index contributed by atoms with van der Waals surface area (Å²) in [6.07, 6.45) is 9.31. The molecule has 0 aliphatic rings. The molecule has 0 aromatic heterocycles. The van der Waals surface area contributed by atoms with Gasteiger partial charge in [-0.3, -0.25) is 0 Å². The second kappa shape index (κ2) is 18.8. The molecule has 246 valence electrons. The van der Waals surface area contributed by atoms with Gasteiger partial charge in [0.2, 0.25) is 0 Å². The molecule has 2 N–H and O–H groups in total. The molecule has 0 radical (unpaired) electrons. The van der Waals surface area contributed by atoms with Crippen LogP contribution in [0.2, 0.25) is 0 Å². The van der Waals surface area contributed by atoms with E-state index >= 15 is 0 Å². The van der Waals surface area contributed by atoms with Gasteiger partial charge >= 0.3 is 11.9 Å². The number of carbonyl (C=O) groups is 2. The fraction of sp³-hybridized carbons (Fsp3) is 0.400. The molecule has 0 bridgehead atoms. The number of esters is 2. The molecular formula is C40H50O6. The zero-order valence-electron chi connectivity index (χ0n) is 27.8. The summed E-state index contributed by atoms with van der Waals surface area (Å²) in [6.45, 7) is 13.0. The molecule has 6 nitrogen and oxygen atoms in total. The average Bonchev–Trinajstić information content (AvgIpc) is 3.07. The second-order valence-corrected chi connectivity index (χ2v) is 11.9. The van der Waals surface area contributed by atoms with Gasteiger partial charge < -0.3 is 19.7 Å². The lowest BCUT2D eigenvalue weighted by Crippen LogP contribution is -2.13. The van der Waals surface area contributed by atoms with Crippen LogP contribution in [0.3, 0.4) is 0 Å². The molecule has 0 amide bonds. The minimum atomic E-state index is -0.617. The predicted molar refractivity (Wildman–Crippen MR) is 186 cm³/mol. The first kappa shape index (κ1) is 36.5. The van der Waals surface area contributed by atoms with E-state index in [0.717, 1.165) is 35.1 Å². The summed E-state index contributed by atoms with van der Waals surface area (Å²) >= 11 is 0. The van der Waals surface area contributed by atoms with Crippen molar-refractivity contribution in [2.75, 3.05) is 26.4 Å². The van der Waals surface area contributed by atoms with Crippen LogP contribution in [0.1, 0.15) is 73.8 Å². The van der Waals surface area contributed by atoms with Gasteiger partial charge in [-0.05, 0) is 76.3 Å². The monoisotopic (exact) mass is 626 g/mol. The first-order chi connectivity index (χ1) is 22.2. The van der Waals surface area contributed by atoms with E-state index in [4.69, 9.17) is 19.7 Å². The molecule has 46 heavy (non-hydrogen) atoms. The number of ether oxygens (including phenoxy) is 2. The van der Waals surface area contributed by atoms with Crippen LogP contribution >= 0.6 is 0 Å². The fourth-order valence-corrected chi connectivity index (χ4v) is 5.49. The van der Waals surface area contributed by atoms with Gasteiger partial charge in [0.15, 0.2) is 0 Å².